The maximum atomic E-state index is 12.5. The number of alkyl carbamates (subject to hydrolysis) is 1. The number of amides is 1. The summed E-state index contributed by atoms with van der Waals surface area (Å²) in [5, 5.41) is 2.62. The van der Waals surface area contributed by atoms with E-state index < -0.39 is 29.3 Å². The number of carbonyl (C=O) groups is 2. The Hall–Kier alpha value is -1.08. The van der Waals surface area contributed by atoms with Gasteiger partial charge < -0.3 is 14.8 Å². The van der Waals surface area contributed by atoms with Crippen LogP contribution in [-0.4, -0.2) is 29.3 Å². The molecule has 1 rings (SSSR count). The summed E-state index contributed by atoms with van der Waals surface area (Å²) in [6.45, 7) is 10.6. The van der Waals surface area contributed by atoms with Crippen molar-refractivity contribution in [1.29, 1.82) is 0 Å². The van der Waals surface area contributed by atoms with Gasteiger partial charge in [0.05, 0.1) is 0 Å². The average Bonchev–Trinajstić information content (AvgIpc) is 2.36. The summed E-state index contributed by atoms with van der Waals surface area (Å²) in [5.74, 6) is -0.506. The number of carbonyl (C=O) groups excluding carboxylic acids is 2. The van der Waals surface area contributed by atoms with Crippen LogP contribution in [0.1, 0.15) is 47.1 Å². The second kappa shape index (κ2) is 8.54. The first kappa shape index (κ1) is 22.0. The Kier molecular flexibility index (Phi) is 7.50. The van der Waals surface area contributed by atoms with Crippen LogP contribution in [0.5, 0.6) is 0 Å². The second-order valence-electron chi connectivity index (χ2n) is 7.67. The lowest BCUT2D eigenvalue weighted by Gasteiger charge is -2.26. The van der Waals surface area contributed by atoms with Crippen molar-refractivity contribution in [2.45, 2.75) is 65.2 Å². The van der Waals surface area contributed by atoms with Gasteiger partial charge >= 0.3 is 12.1 Å². The smallest absolute Gasteiger partial charge is 0.408 e. The third-order valence-electron chi connectivity index (χ3n) is 2.82. The summed E-state index contributed by atoms with van der Waals surface area (Å²) < 4.78 is 12.4. The Balaban J connectivity index is 2.98. The highest BCUT2D eigenvalue weighted by molar-refractivity contribution is 9.11. The van der Waals surface area contributed by atoms with Crippen molar-refractivity contribution in [2.24, 2.45) is 0 Å². The maximum absolute atomic E-state index is 12.5. The molecule has 0 radical (unpaired) electrons. The molecule has 0 saturated heterocycles. The molecule has 25 heavy (non-hydrogen) atoms. The molecule has 0 aromatic heterocycles. The van der Waals surface area contributed by atoms with Crippen LogP contribution in [0.4, 0.5) is 4.79 Å². The predicted octanol–water partition coefficient (Wildman–Crippen LogP) is 4.99. The zero-order chi connectivity index (χ0) is 19.4. The van der Waals surface area contributed by atoms with Crippen molar-refractivity contribution in [3.8, 4) is 0 Å². The number of nitrogens with one attached hydrogen (secondary N) is 1. The molecule has 0 fully saturated rings. The fourth-order valence-corrected chi connectivity index (χ4v) is 3.13. The van der Waals surface area contributed by atoms with Crippen LogP contribution in [0.15, 0.2) is 27.1 Å². The second-order valence-corrected chi connectivity index (χ2v) is 9.44. The lowest BCUT2D eigenvalue weighted by molar-refractivity contribution is -0.157. The van der Waals surface area contributed by atoms with E-state index in [1.807, 2.05) is 18.2 Å². The van der Waals surface area contributed by atoms with Crippen LogP contribution < -0.4 is 5.32 Å². The summed E-state index contributed by atoms with van der Waals surface area (Å²) in [5.41, 5.74) is -0.432. The molecule has 0 aliphatic rings. The van der Waals surface area contributed by atoms with Gasteiger partial charge in [0.2, 0.25) is 0 Å². The quantitative estimate of drug-likeness (QED) is 0.619. The van der Waals surface area contributed by atoms with Gasteiger partial charge in [-0.05, 0) is 59.2 Å². The van der Waals surface area contributed by atoms with Gasteiger partial charge in [0, 0.05) is 15.4 Å². The Labute approximate surface area is 166 Å². The number of hydrogen-bond donors (Lipinski definition) is 1. The fraction of sp³-hybridized carbons (Fsp3) is 0.556. The molecule has 0 saturated carbocycles. The van der Waals surface area contributed by atoms with E-state index in [4.69, 9.17) is 9.47 Å². The minimum absolute atomic E-state index is 0.280. The van der Waals surface area contributed by atoms with Gasteiger partial charge in [-0.1, -0.05) is 37.9 Å². The summed E-state index contributed by atoms with van der Waals surface area (Å²) in [4.78, 5) is 24.6. The molecule has 1 aromatic rings. The average molecular weight is 479 g/mol. The Morgan fingerprint density at radius 2 is 1.60 bits per heavy atom. The molecule has 7 heteroatoms. The summed E-state index contributed by atoms with van der Waals surface area (Å²) in [7, 11) is 0. The molecule has 1 N–H and O–H groups in total. The van der Waals surface area contributed by atoms with E-state index in [1.54, 1.807) is 41.5 Å². The Bertz CT molecular complexity index is 633. The zero-order valence-corrected chi connectivity index (χ0v) is 18.6. The van der Waals surface area contributed by atoms with Gasteiger partial charge in [-0.2, -0.15) is 0 Å². The van der Waals surface area contributed by atoms with Crippen molar-refractivity contribution in [3.05, 3.63) is 32.7 Å². The first-order valence-electron chi connectivity index (χ1n) is 7.93. The summed E-state index contributed by atoms with van der Waals surface area (Å²) in [6.07, 6.45) is -0.376. The SMILES string of the molecule is CC(C)(C)OC(=O)N[C@@H](Cc1ccc(Br)cc1Br)C(=O)OC(C)(C)C. The monoisotopic (exact) mass is 477 g/mol. The molecular formula is C18H25Br2NO4. The number of ether oxygens (including phenoxy) is 2. The van der Waals surface area contributed by atoms with Gasteiger partial charge in [0.15, 0.2) is 0 Å². The van der Waals surface area contributed by atoms with Gasteiger partial charge in [-0.15, -0.1) is 0 Å². The first-order chi connectivity index (χ1) is 11.3. The van der Waals surface area contributed by atoms with E-state index in [0.29, 0.717) is 0 Å². The topological polar surface area (TPSA) is 64.6 Å². The minimum Gasteiger partial charge on any atom is -0.458 e. The molecule has 1 atom stereocenters. The van der Waals surface area contributed by atoms with Crippen LogP contribution in [0.2, 0.25) is 0 Å². The van der Waals surface area contributed by atoms with E-state index in [1.165, 1.54) is 0 Å². The van der Waals surface area contributed by atoms with Crippen LogP contribution in [0.25, 0.3) is 0 Å². The molecule has 140 valence electrons. The van der Waals surface area contributed by atoms with E-state index in [-0.39, 0.29) is 6.42 Å². The third kappa shape index (κ3) is 8.72. The standard InChI is InChI=1S/C18H25Br2NO4/c1-17(2,3)24-15(22)14(21-16(23)25-18(4,5)6)9-11-7-8-12(19)10-13(11)20/h7-8,10,14H,9H2,1-6H3,(H,21,23)/t14-/m0/s1. The van der Waals surface area contributed by atoms with Crippen LogP contribution in [0, 0.1) is 0 Å². The third-order valence-corrected chi connectivity index (χ3v) is 4.05. The largest absolute Gasteiger partial charge is 0.458 e. The molecule has 0 aliphatic heterocycles. The molecule has 0 aliphatic carbocycles. The number of benzene rings is 1. The van der Waals surface area contributed by atoms with Crippen molar-refractivity contribution < 1.29 is 19.1 Å². The molecule has 1 amide bonds. The van der Waals surface area contributed by atoms with Gasteiger partial charge in [0.25, 0.3) is 0 Å². The maximum Gasteiger partial charge on any atom is 0.408 e. The number of halogens is 2. The van der Waals surface area contributed by atoms with Gasteiger partial charge in [0.1, 0.15) is 17.2 Å². The number of rotatable bonds is 4. The normalized spacial score (nSPS) is 13.1. The highest BCUT2D eigenvalue weighted by Gasteiger charge is 2.29. The first-order valence-corrected chi connectivity index (χ1v) is 9.52. The zero-order valence-electron chi connectivity index (χ0n) is 15.4. The van der Waals surface area contributed by atoms with Crippen LogP contribution in [-0.2, 0) is 20.7 Å². The molecule has 5 nitrogen and oxygen atoms in total. The van der Waals surface area contributed by atoms with E-state index in [9.17, 15) is 9.59 Å². The van der Waals surface area contributed by atoms with Crippen molar-refractivity contribution in [1.82, 2.24) is 5.32 Å². The van der Waals surface area contributed by atoms with Crippen LogP contribution >= 0.6 is 31.9 Å². The molecule has 0 heterocycles. The van der Waals surface area contributed by atoms with Crippen molar-refractivity contribution >= 4 is 43.9 Å². The van der Waals surface area contributed by atoms with Crippen molar-refractivity contribution in [2.75, 3.05) is 0 Å². The highest BCUT2D eigenvalue weighted by atomic mass is 79.9. The number of esters is 1. The molecule has 0 unspecified atom stereocenters. The minimum atomic E-state index is -0.855. The van der Waals surface area contributed by atoms with E-state index >= 15 is 0 Å². The van der Waals surface area contributed by atoms with Gasteiger partial charge in [-0.3, -0.25) is 0 Å². The highest BCUT2D eigenvalue weighted by Crippen LogP contribution is 2.24. The van der Waals surface area contributed by atoms with E-state index in [2.05, 4.69) is 37.2 Å². The summed E-state index contributed by atoms with van der Waals surface area (Å²) in [6, 6.07) is 4.78. The van der Waals surface area contributed by atoms with Crippen LogP contribution in [0.3, 0.4) is 0 Å². The van der Waals surface area contributed by atoms with Gasteiger partial charge in [-0.25, -0.2) is 9.59 Å². The lowest BCUT2D eigenvalue weighted by Crippen LogP contribution is -2.47. The van der Waals surface area contributed by atoms with E-state index in [0.717, 1.165) is 14.5 Å². The predicted molar refractivity (Wildman–Crippen MR) is 105 cm³/mol. The van der Waals surface area contributed by atoms with Crippen molar-refractivity contribution in [3.63, 3.8) is 0 Å². The lowest BCUT2D eigenvalue weighted by atomic mass is 10.1. The summed E-state index contributed by atoms with van der Waals surface area (Å²) >= 11 is 6.87. The number of hydrogen-bond acceptors (Lipinski definition) is 4. The molecular weight excluding hydrogens is 454 g/mol. The Morgan fingerprint density at radius 3 is 2.08 bits per heavy atom. The molecule has 0 bridgehead atoms. The molecule has 1 aromatic carbocycles. The fourth-order valence-electron chi connectivity index (χ4n) is 1.92. The molecule has 0 spiro atoms. The Morgan fingerprint density at radius 1 is 1.04 bits per heavy atom.